The predicted octanol–water partition coefficient (Wildman–Crippen LogP) is 1.94. The summed E-state index contributed by atoms with van der Waals surface area (Å²) in [4.78, 5) is 14.8. The molecule has 0 aliphatic carbocycles. The van der Waals surface area contributed by atoms with Crippen LogP contribution in [-0.4, -0.2) is 42.9 Å². The molecule has 1 N–H and O–H groups in total. The fourth-order valence-corrected chi connectivity index (χ4v) is 2.64. The number of piperazine rings is 1. The normalized spacial score (nSPS) is 18.5. The van der Waals surface area contributed by atoms with E-state index in [4.69, 9.17) is 0 Å². The zero-order valence-electron chi connectivity index (χ0n) is 11.5. The maximum absolute atomic E-state index is 12.9. The zero-order chi connectivity index (χ0) is 13.8. The summed E-state index contributed by atoms with van der Waals surface area (Å²) in [6, 6.07) is 5.74. The summed E-state index contributed by atoms with van der Waals surface area (Å²) in [5, 5.41) is 3.29. The van der Waals surface area contributed by atoms with Crippen molar-refractivity contribution in [1.82, 2.24) is 10.2 Å². The van der Waals surface area contributed by atoms with E-state index in [1.807, 2.05) is 0 Å². The van der Waals surface area contributed by atoms with Crippen LogP contribution in [0.15, 0.2) is 24.3 Å². The van der Waals surface area contributed by atoms with Gasteiger partial charge in [0.15, 0.2) is 5.78 Å². The first-order valence-electron chi connectivity index (χ1n) is 6.84. The van der Waals surface area contributed by atoms with E-state index in [0.717, 1.165) is 26.2 Å². The first-order chi connectivity index (χ1) is 9.09. The van der Waals surface area contributed by atoms with Gasteiger partial charge in [-0.25, -0.2) is 4.39 Å². The third-order valence-electron chi connectivity index (χ3n) is 3.57. The van der Waals surface area contributed by atoms with Crippen LogP contribution in [-0.2, 0) is 0 Å². The molecule has 4 heteroatoms. The summed E-state index contributed by atoms with van der Waals surface area (Å²) in [5.74, 6) is 0.0346. The van der Waals surface area contributed by atoms with E-state index < -0.39 is 0 Å². The lowest BCUT2D eigenvalue weighted by molar-refractivity contribution is 0.0719. The third-order valence-corrected chi connectivity index (χ3v) is 3.57. The highest BCUT2D eigenvalue weighted by atomic mass is 19.1. The Bertz CT molecular complexity index is 424. The maximum atomic E-state index is 12.9. The average molecular weight is 264 g/mol. The second-order valence-electron chi connectivity index (χ2n) is 5.35. The summed E-state index contributed by atoms with van der Waals surface area (Å²) >= 11 is 0. The van der Waals surface area contributed by atoms with E-state index in [1.165, 1.54) is 12.1 Å². The highest BCUT2D eigenvalue weighted by Crippen LogP contribution is 2.18. The summed E-state index contributed by atoms with van der Waals surface area (Å²) in [6.07, 6.45) is 0. The number of ketones is 1. The Morgan fingerprint density at radius 1 is 1.21 bits per heavy atom. The molecule has 0 bridgehead atoms. The SMILES string of the molecule is CC(C)C(C(=O)c1ccc(F)cc1)N1CCNCC1. The van der Waals surface area contributed by atoms with Crippen LogP contribution in [0.2, 0.25) is 0 Å². The second-order valence-corrected chi connectivity index (χ2v) is 5.35. The van der Waals surface area contributed by atoms with Crippen LogP contribution in [0, 0.1) is 11.7 Å². The lowest BCUT2D eigenvalue weighted by Crippen LogP contribution is -2.53. The van der Waals surface area contributed by atoms with Gasteiger partial charge in [-0.3, -0.25) is 9.69 Å². The smallest absolute Gasteiger partial charge is 0.180 e. The number of rotatable bonds is 4. The third kappa shape index (κ3) is 3.39. The Balaban J connectivity index is 2.18. The second kappa shape index (κ2) is 6.26. The van der Waals surface area contributed by atoms with Crippen LogP contribution in [0.5, 0.6) is 0 Å². The van der Waals surface area contributed by atoms with Crippen molar-refractivity contribution in [3.8, 4) is 0 Å². The van der Waals surface area contributed by atoms with Gasteiger partial charge in [-0.1, -0.05) is 13.8 Å². The molecule has 1 saturated heterocycles. The summed E-state index contributed by atoms with van der Waals surface area (Å²) in [5.41, 5.74) is 0.596. The molecule has 19 heavy (non-hydrogen) atoms. The van der Waals surface area contributed by atoms with Crippen LogP contribution in [0.25, 0.3) is 0 Å². The Labute approximate surface area is 113 Å². The Kier molecular flexibility index (Phi) is 4.66. The first kappa shape index (κ1) is 14.2. The molecule has 1 unspecified atom stereocenters. The number of nitrogens with zero attached hydrogens (tertiary/aromatic N) is 1. The molecule has 104 valence electrons. The topological polar surface area (TPSA) is 32.3 Å². The largest absolute Gasteiger partial charge is 0.314 e. The summed E-state index contributed by atoms with van der Waals surface area (Å²) in [7, 11) is 0. The molecule has 0 aromatic heterocycles. The maximum Gasteiger partial charge on any atom is 0.180 e. The van der Waals surface area contributed by atoms with Gasteiger partial charge in [0.05, 0.1) is 6.04 Å². The van der Waals surface area contributed by atoms with Crippen LogP contribution < -0.4 is 5.32 Å². The van der Waals surface area contributed by atoms with Gasteiger partial charge in [0, 0.05) is 31.7 Å². The number of carbonyl (C=O) groups excluding carboxylic acids is 1. The Hall–Kier alpha value is -1.26. The van der Waals surface area contributed by atoms with Crippen molar-refractivity contribution in [2.75, 3.05) is 26.2 Å². The number of hydrogen-bond donors (Lipinski definition) is 1. The van der Waals surface area contributed by atoms with Crippen molar-refractivity contribution in [2.45, 2.75) is 19.9 Å². The van der Waals surface area contributed by atoms with E-state index in [-0.39, 0.29) is 23.6 Å². The highest BCUT2D eigenvalue weighted by Gasteiger charge is 2.30. The van der Waals surface area contributed by atoms with Crippen molar-refractivity contribution in [2.24, 2.45) is 5.92 Å². The van der Waals surface area contributed by atoms with Crippen molar-refractivity contribution < 1.29 is 9.18 Å². The molecule has 1 heterocycles. The summed E-state index contributed by atoms with van der Waals surface area (Å²) < 4.78 is 12.9. The number of hydrogen-bond acceptors (Lipinski definition) is 3. The van der Waals surface area contributed by atoms with Gasteiger partial charge in [0.2, 0.25) is 0 Å². The molecule has 2 rings (SSSR count). The van der Waals surface area contributed by atoms with Gasteiger partial charge in [-0.15, -0.1) is 0 Å². The van der Waals surface area contributed by atoms with Gasteiger partial charge in [0.25, 0.3) is 0 Å². The number of carbonyl (C=O) groups is 1. The molecule has 1 fully saturated rings. The van der Waals surface area contributed by atoms with Crippen molar-refractivity contribution in [3.05, 3.63) is 35.6 Å². The number of halogens is 1. The molecule has 1 aromatic rings. The molecule has 0 saturated carbocycles. The molecule has 3 nitrogen and oxygen atoms in total. The van der Waals surface area contributed by atoms with E-state index in [0.29, 0.717) is 5.56 Å². The van der Waals surface area contributed by atoms with Crippen molar-refractivity contribution in [3.63, 3.8) is 0 Å². The predicted molar refractivity (Wildman–Crippen MR) is 73.8 cm³/mol. The van der Waals surface area contributed by atoms with Crippen LogP contribution in [0.3, 0.4) is 0 Å². The van der Waals surface area contributed by atoms with E-state index in [2.05, 4.69) is 24.1 Å². The van der Waals surface area contributed by atoms with Crippen LogP contribution >= 0.6 is 0 Å². The first-order valence-corrected chi connectivity index (χ1v) is 6.84. The van der Waals surface area contributed by atoms with E-state index in [9.17, 15) is 9.18 Å². The minimum absolute atomic E-state index is 0.0944. The Morgan fingerprint density at radius 2 is 1.79 bits per heavy atom. The van der Waals surface area contributed by atoms with Gasteiger partial charge in [0.1, 0.15) is 5.82 Å². The molecule has 0 amide bonds. The van der Waals surface area contributed by atoms with Crippen LogP contribution in [0.1, 0.15) is 24.2 Å². The van der Waals surface area contributed by atoms with E-state index in [1.54, 1.807) is 12.1 Å². The summed E-state index contributed by atoms with van der Waals surface area (Å²) in [6.45, 7) is 7.73. The molecule has 1 aromatic carbocycles. The monoisotopic (exact) mass is 264 g/mol. The molecule has 0 spiro atoms. The van der Waals surface area contributed by atoms with Gasteiger partial charge < -0.3 is 5.32 Å². The molecular formula is C15H21FN2O. The minimum atomic E-state index is -0.306. The molecule has 1 atom stereocenters. The van der Waals surface area contributed by atoms with Gasteiger partial charge in [-0.05, 0) is 30.2 Å². The average Bonchev–Trinajstić information content (AvgIpc) is 2.40. The lowest BCUT2D eigenvalue weighted by Gasteiger charge is -2.36. The number of nitrogens with one attached hydrogen (secondary N) is 1. The molecule has 0 radical (unpaired) electrons. The molecule has 1 aliphatic heterocycles. The zero-order valence-corrected chi connectivity index (χ0v) is 11.5. The standard InChI is InChI=1S/C15H21FN2O/c1-11(2)14(18-9-7-17-8-10-18)15(19)12-3-5-13(16)6-4-12/h3-6,11,14,17H,7-10H2,1-2H3. The van der Waals surface area contributed by atoms with Crippen molar-refractivity contribution in [1.29, 1.82) is 0 Å². The highest BCUT2D eigenvalue weighted by molar-refractivity contribution is 6.00. The van der Waals surface area contributed by atoms with Crippen molar-refractivity contribution >= 4 is 5.78 Å². The minimum Gasteiger partial charge on any atom is -0.314 e. The molecule has 1 aliphatic rings. The lowest BCUT2D eigenvalue weighted by atomic mass is 9.93. The van der Waals surface area contributed by atoms with Crippen LogP contribution in [0.4, 0.5) is 4.39 Å². The fraction of sp³-hybridized carbons (Fsp3) is 0.533. The fourth-order valence-electron chi connectivity index (χ4n) is 2.64. The van der Waals surface area contributed by atoms with E-state index >= 15 is 0 Å². The Morgan fingerprint density at radius 3 is 2.32 bits per heavy atom. The molecular weight excluding hydrogens is 243 g/mol. The quantitative estimate of drug-likeness (QED) is 0.844. The number of Topliss-reactive ketones (excluding diaryl/α,β-unsaturated/α-hetero) is 1. The van der Waals surface area contributed by atoms with Gasteiger partial charge in [-0.2, -0.15) is 0 Å². The van der Waals surface area contributed by atoms with Gasteiger partial charge >= 0.3 is 0 Å². The number of benzene rings is 1.